The van der Waals surface area contributed by atoms with Crippen LogP contribution in [0.1, 0.15) is 56.4 Å². The molecule has 3 rings (SSSR count). The zero-order chi connectivity index (χ0) is 24.2. The Labute approximate surface area is 210 Å². The molecule has 2 aromatic rings. The average molecular weight is 538 g/mol. The molecule has 1 N–H and O–H groups in total. The van der Waals surface area contributed by atoms with E-state index in [-0.39, 0.29) is 27.9 Å². The van der Waals surface area contributed by atoms with E-state index in [1.165, 1.54) is 36.6 Å². The van der Waals surface area contributed by atoms with Crippen molar-refractivity contribution in [1.29, 1.82) is 0 Å². The highest BCUT2D eigenvalue weighted by atomic mass is 35.5. The second-order valence-electron chi connectivity index (χ2n) is 7.84. The Morgan fingerprint density at radius 1 is 1.15 bits per heavy atom. The van der Waals surface area contributed by atoms with Gasteiger partial charge in [0.25, 0.3) is 5.91 Å². The van der Waals surface area contributed by atoms with Gasteiger partial charge in [0, 0.05) is 35.8 Å². The highest BCUT2D eigenvalue weighted by molar-refractivity contribution is 7.98. The van der Waals surface area contributed by atoms with Gasteiger partial charge in [0.1, 0.15) is 0 Å². The Bertz CT molecular complexity index is 1020. The molecule has 1 aromatic carbocycles. The molecular formula is C23H25Cl2F3N2OS2. The van der Waals surface area contributed by atoms with Gasteiger partial charge in [-0.1, -0.05) is 23.2 Å². The minimum Gasteiger partial charge on any atom is -0.351 e. The number of carbonyl (C=O) groups is 1. The van der Waals surface area contributed by atoms with Crippen molar-refractivity contribution in [1.82, 2.24) is 5.32 Å². The second kappa shape index (κ2) is 11.5. The van der Waals surface area contributed by atoms with Crippen LogP contribution in [0.4, 0.5) is 13.2 Å². The fourth-order valence-electron chi connectivity index (χ4n) is 4.07. The summed E-state index contributed by atoms with van der Waals surface area (Å²) in [6.07, 6.45) is 0.480. The summed E-state index contributed by atoms with van der Waals surface area (Å²) in [5.41, 5.74) is 2.27. The lowest BCUT2D eigenvalue weighted by molar-refractivity contribution is -0.148. The quantitative estimate of drug-likeness (QED) is 0.286. The standard InChI is InChI=1S/C23H25Cl2F3N2OS2/c1-29-19(12-18(23(26,27)28)13-9-14(24)11-15(25)10-13)20-16-5-3-4-6-17(16)21(33-20)22(31)30-7-8-32-2/h9-11,18H,3-8,12H2,1-2H3,(H,30,31)/b29-19+. The Morgan fingerprint density at radius 2 is 1.76 bits per heavy atom. The number of nitrogens with zero attached hydrogens (tertiary/aromatic N) is 1. The Balaban J connectivity index is 1.98. The van der Waals surface area contributed by atoms with Crippen molar-refractivity contribution in [2.24, 2.45) is 4.99 Å². The van der Waals surface area contributed by atoms with Gasteiger partial charge in [-0.3, -0.25) is 9.79 Å². The van der Waals surface area contributed by atoms with Crippen molar-refractivity contribution in [2.75, 3.05) is 25.6 Å². The molecule has 0 fully saturated rings. The maximum Gasteiger partial charge on any atom is 0.396 e. The summed E-state index contributed by atoms with van der Waals surface area (Å²) in [6, 6.07) is 4.01. The van der Waals surface area contributed by atoms with E-state index < -0.39 is 12.1 Å². The fraction of sp³-hybridized carbons (Fsp3) is 0.478. The molecule has 0 bridgehead atoms. The number of alkyl halides is 3. The van der Waals surface area contributed by atoms with E-state index in [0.717, 1.165) is 42.6 Å². The average Bonchev–Trinajstić information content (AvgIpc) is 3.13. The van der Waals surface area contributed by atoms with Crippen LogP contribution in [-0.4, -0.2) is 43.4 Å². The van der Waals surface area contributed by atoms with Crippen LogP contribution in [0.15, 0.2) is 23.2 Å². The van der Waals surface area contributed by atoms with Crippen molar-refractivity contribution in [2.45, 2.75) is 44.2 Å². The largest absolute Gasteiger partial charge is 0.396 e. The molecule has 3 nitrogen and oxygen atoms in total. The van der Waals surface area contributed by atoms with Gasteiger partial charge in [-0.15, -0.1) is 11.3 Å². The van der Waals surface area contributed by atoms with Crippen molar-refractivity contribution in [3.8, 4) is 0 Å². The monoisotopic (exact) mass is 536 g/mol. The topological polar surface area (TPSA) is 41.5 Å². The molecule has 0 saturated heterocycles. The van der Waals surface area contributed by atoms with Crippen LogP contribution in [0.2, 0.25) is 10.0 Å². The highest BCUT2D eigenvalue weighted by Gasteiger charge is 2.42. The van der Waals surface area contributed by atoms with Crippen LogP contribution in [0, 0.1) is 0 Å². The van der Waals surface area contributed by atoms with Gasteiger partial charge < -0.3 is 5.32 Å². The van der Waals surface area contributed by atoms with E-state index in [1.807, 2.05) is 6.26 Å². The minimum atomic E-state index is -4.51. The summed E-state index contributed by atoms with van der Waals surface area (Å²) >= 11 is 14.9. The summed E-state index contributed by atoms with van der Waals surface area (Å²) in [4.78, 5) is 18.4. The Morgan fingerprint density at radius 3 is 2.30 bits per heavy atom. The van der Waals surface area contributed by atoms with Crippen LogP contribution in [0.5, 0.6) is 0 Å². The first-order chi connectivity index (χ1) is 15.7. The number of aliphatic imine (C=N–C) groups is 1. The lowest BCUT2D eigenvalue weighted by Gasteiger charge is -2.22. The molecule has 0 spiro atoms. The molecule has 0 saturated carbocycles. The van der Waals surface area contributed by atoms with E-state index in [2.05, 4.69) is 10.3 Å². The number of amides is 1. The third kappa shape index (κ3) is 6.47. The normalized spacial score (nSPS) is 15.3. The molecule has 1 heterocycles. The van der Waals surface area contributed by atoms with Crippen molar-refractivity contribution in [3.05, 3.63) is 54.7 Å². The Kier molecular flexibility index (Phi) is 9.17. The number of hydrogen-bond donors (Lipinski definition) is 1. The molecule has 1 aliphatic carbocycles. The molecule has 1 unspecified atom stereocenters. The molecular weight excluding hydrogens is 512 g/mol. The van der Waals surface area contributed by atoms with Gasteiger partial charge >= 0.3 is 6.18 Å². The number of nitrogens with one attached hydrogen (secondary N) is 1. The van der Waals surface area contributed by atoms with E-state index in [0.29, 0.717) is 22.0 Å². The van der Waals surface area contributed by atoms with Crippen LogP contribution in [0.3, 0.4) is 0 Å². The molecule has 1 amide bonds. The number of hydrogen-bond acceptors (Lipinski definition) is 4. The zero-order valence-electron chi connectivity index (χ0n) is 18.3. The molecule has 1 aliphatic rings. The lowest BCUT2D eigenvalue weighted by Crippen LogP contribution is -2.26. The summed E-state index contributed by atoms with van der Waals surface area (Å²) in [5.74, 6) is -1.18. The lowest BCUT2D eigenvalue weighted by atomic mass is 9.87. The number of halogens is 5. The van der Waals surface area contributed by atoms with Crippen molar-refractivity contribution < 1.29 is 18.0 Å². The van der Waals surface area contributed by atoms with E-state index in [4.69, 9.17) is 23.2 Å². The van der Waals surface area contributed by atoms with E-state index in [9.17, 15) is 18.0 Å². The van der Waals surface area contributed by atoms with E-state index >= 15 is 0 Å². The molecule has 180 valence electrons. The summed E-state index contributed by atoms with van der Waals surface area (Å²) in [6.45, 7) is 0.544. The smallest absolute Gasteiger partial charge is 0.351 e. The first-order valence-corrected chi connectivity index (χ1v) is 13.5. The van der Waals surface area contributed by atoms with Crippen LogP contribution >= 0.6 is 46.3 Å². The zero-order valence-corrected chi connectivity index (χ0v) is 21.5. The fourth-order valence-corrected chi connectivity index (χ4v) is 6.28. The predicted octanol–water partition coefficient (Wildman–Crippen LogP) is 7.18. The third-order valence-corrected chi connectivity index (χ3v) is 8.00. The van der Waals surface area contributed by atoms with E-state index in [1.54, 1.807) is 11.8 Å². The molecule has 1 atom stereocenters. The van der Waals surface area contributed by atoms with Crippen LogP contribution in [0.25, 0.3) is 0 Å². The first-order valence-electron chi connectivity index (χ1n) is 10.6. The molecule has 0 radical (unpaired) electrons. The van der Waals surface area contributed by atoms with Gasteiger partial charge in [-0.05, 0) is 66.8 Å². The van der Waals surface area contributed by atoms with Gasteiger partial charge in [-0.2, -0.15) is 24.9 Å². The Hall–Kier alpha value is -1.22. The number of fused-ring (bicyclic) bond motifs is 1. The minimum absolute atomic E-state index is 0.00149. The van der Waals surface area contributed by atoms with Gasteiger partial charge in [-0.25, -0.2) is 0 Å². The van der Waals surface area contributed by atoms with Crippen LogP contribution in [-0.2, 0) is 12.8 Å². The maximum absolute atomic E-state index is 14.1. The molecule has 10 heteroatoms. The SMILES string of the molecule is C/N=C(\CC(c1cc(Cl)cc(Cl)c1)C(F)(F)F)c1sc(C(=O)NCCSC)c2c1CCCC2. The number of rotatable bonds is 8. The van der Waals surface area contributed by atoms with Gasteiger partial charge in [0.2, 0.25) is 0 Å². The first kappa shape index (κ1) is 26.4. The number of thioether (sulfide) groups is 1. The van der Waals surface area contributed by atoms with Gasteiger partial charge in [0.05, 0.1) is 21.4 Å². The summed E-state index contributed by atoms with van der Waals surface area (Å²) in [7, 11) is 1.50. The summed E-state index contributed by atoms with van der Waals surface area (Å²) < 4.78 is 42.4. The highest BCUT2D eigenvalue weighted by Crippen LogP contribution is 2.42. The van der Waals surface area contributed by atoms with Crippen molar-refractivity contribution in [3.63, 3.8) is 0 Å². The second-order valence-corrected chi connectivity index (χ2v) is 10.7. The van der Waals surface area contributed by atoms with Gasteiger partial charge in [0.15, 0.2) is 0 Å². The summed E-state index contributed by atoms with van der Waals surface area (Å²) in [5, 5.41) is 3.23. The van der Waals surface area contributed by atoms with Crippen molar-refractivity contribution >= 4 is 57.9 Å². The number of benzene rings is 1. The van der Waals surface area contributed by atoms with Crippen LogP contribution < -0.4 is 5.32 Å². The number of carbonyl (C=O) groups excluding carboxylic acids is 1. The predicted molar refractivity (Wildman–Crippen MR) is 134 cm³/mol. The molecule has 33 heavy (non-hydrogen) atoms. The number of thiophene rings is 1. The molecule has 1 aromatic heterocycles. The molecule has 0 aliphatic heterocycles. The third-order valence-electron chi connectivity index (χ3n) is 5.63. The maximum atomic E-state index is 14.1.